The molecule has 0 aliphatic rings. The number of hydrogen-bond acceptors (Lipinski definition) is 1. The topological polar surface area (TPSA) is 20.2 Å². The van der Waals surface area contributed by atoms with Crippen LogP contribution in [0.4, 0.5) is 4.39 Å². The van der Waals surface area contributed by atoms with E-state index in [2.05, 4.69) is 24.3 Å². The Morgan fingerprint density at radius 1 is 0.792 bits per heavy atom. The number of benzene rings is 3. The van der Waals surface area contributed by atoms with E-state index in [1.54, 1.807) is 12.1 Å². The summed E-state index contributed by atoms with van der Waals surface area (Å²) < 4.78 is 13.4. The molecule has 0 spiro atoms. The Morgan fingerprint density at radius 2 is 1.25 bits per heavy atom. The molecule has 24 heavy (non-hydrogen) atoms. The maximum Gasteiger partial charge on any atom is 0.123 e. The number of aliphatic hydroxyl groups is 1. The molecule has 0 aromatic heterocycles. The van der Waals surface area contributed by atoms with Gasteiger partial charge in [-0.3, -0.25) is 0 Å². The zero-order valence-corrected chi connectivity index (χ0v) is 13.7. The van der Waals surface area contributed by atoms with Gasteiger partial charge >= 0.3 is 0 Å². The summed E-state index contributed by atoms with van der Waals surface area (Å²) in [7, 11) is 0. The van der Waals surface area contributed by atoms with Gasteiger partial charge in [0.15, 0.2) is 0 Å². The first kappa shape index (κ1) is 16.4. The van der Waals surface area contributed by atoms with Gasteiger partial charge in [0.1, 0.15) is 5.82 Å². The van der Waals surface area contributed by atoms with E-state index < -0.39 is 5.41 Å². The molecule has 0 aliphatic heterocycles. The van der Waals surface area contributed by atoms with Crippen LogP contribution in [0.2, 0.25) is 0 Å². The van der Waals surface area contributed by atoms with Crippen molar-refractivity contribution in [3.05, 3.63) is 107 Å². The molecule has 0 saturated heterocycles. The predicted molar refractivity (Wildman–Crippen MR) is 95.6 cm³/mol. The SMILES string of the molecule is C[C@@](CO)(c1ccc(F)cc1)C(c1ccccc1)c1ccccc1. The van der Waals surface area contributed by atoms with Crippen LogP contribution in [0.25, 0.3) is 0 Å². The third-order valence-electron chi connectivity index (χ3n) is 4.74. The molecule has 3 rings (SSSR count). The van der Waals surface area contributed by atoms with Crippen LogP contribution in [0.3, 0.4) is 0 Å². The number of aliphatic hydroxyl groups excluding tert-OH is 1. The monoisotopic (exact) mass is 320 g/mol. The minimum atomic E-state index is -0.559. The van der Waals surface area contributed by atoms with Crippen LogP contribution in [-0.2, 0) is 5.41 Å². The molecule has 2 heteroatoms. The Kier molecular flexibility index (Phi) is 4.77. The highest BCUT2D eigenvalue weighted by molar-refractivity contribution is 5.42. The van der Waals surface area contributed by atoms with E-state index in [4.69, 9.17) is 0 Å². The molecule has 122 valence electrons. The first-order valence-electron chi connectivity index (χ1n) is 8.12. The average Bonchev–Trinajstić information content (AvgIpc) is 2.64. The van der Waals surface area contributed by atoms with Crippen LogP contribution < -0.4 is 0 Å². The molecule has 0 unspecified atom stereocenters. The second-order valence-corrected chi connectivity index (χ2v) is 6.34. The molecule has 0 heterocycles. The molecule has 0 aliphatic carbocycles. The predicted octanol–water partition coefficient (Wildman–Crippen LogP) is 4.91. The fourth-order valence-corrected chi connectivity index (χ4v) is 3.40. The lowest BCUT2D eigenvalue weighted by Gasteiger charge is -2.37. The minimum Gasteiger partial charge on any atom is -0.395 e. The van der Waals surface area contributed by atoms with Crippen molar-refractivity contribution in [2.45, 2.75) is 18.3 Å². The molecule has 0 radical (unpaired) electrons. The average molecular weight is 320 g/mol. The lowest BCUT2D eigenvalue weighted by molar-refractivity contribution is 0.190. The zero-order chi connectivity index (χ0) is 17.0. The summed E-state index contributed by atoms with van der Waals surface area (Å²) in [5.41, 5.74) is 2.62. The highest BCUT2D eigenvalue weighted by atomic mass is 19.1. The Balaban J connectivity index is 2.17. The summed E-state index contributed by atoms with van der Waals surface area (Å²) in [6.07, 6.45) is 0. The third kappa shape index (κ3) is 3.10. The molecular formula is C22H21FO. The summed E-state index contributed by atoms with van der Waals surface area (Å²) in [4.78, 5) is 0. The molecule has 3 aromatic carbocycles. The smallest absolute Gasteiger partial charge is 0.123 e. The molecule has 0 amide bonds. The van der Waals surface area contributed by atoms with Crippen LogP contribution in [0.15, 0.2) is 84.9 Å². The molecule has 0 fully saturated rings. The van der Waals surface area contributed by atoms with E-state index >= 15 is 0 Å². The second-order valence-electron chi connectivity index (χ2n) is 6.34. The molecule has 0 bridgehead atoms. The van der Waals surface area contributed by atoms with E-state index in [-0.39, 0.29) is 18.3 Å². The van der Waals surface area contributed by atoms with Crippen LogP contribution in [0, 0.1) is 5.82 Å². The van der Waals surface area contributed by atoms with Crippen molar-refractivity contribution in [1.82, 2.24) is 0 Å². The molecule has 1 atom stereocenters. The van der Waals surface area contributed by atoms with Gasteiger partial charge in [-0.2, -0.15) is 0 Å². The van der Waals surface area contributed by atoms with Crippen molar-refractivity contribution < 1.29 is 9.50 Å². The van der Waals surface area contributed by atoms with Crippen molar-refractivity contribution >= 4 is 0 Å². The van der Waals surface area contributed by atoms with Crippen molar-refractivity contribution in [2.24, 2.45) is 0 Å². The molecule has 0 saturated carbocycles. The quantitative estimate of drug-likeness (QED) is 0.708. The molecule has 1 N–H and O–H groups in total. The van der Waals surface area contributed by atoms with Gasteiger partial charge in [0.25, 0.3) is 0 Å². The first-order valence-corrected chi connectivity index (χ1v) is 8.12. The summed E-state index contributed by atoms with van der Waals surface area (Å²) in [5, 5.41) is 10.3. The fraction of sp³-hybridized carbons (Fsp3) is 0.182. The van der Waals surface area contributed by atoms with Crippen LogP contribution in [-0.4, -0.2) is 11.7 Å². The first-order chi connectivity index (χ1) is 11.6. The van der Waals surface area contributed by atoms with Gasteiger partial charge in [-0.05, 0) is 28.8 Å². The lowest BCUT2D eigenvalue weighted by Crippen LogP contribution is -2.35. The molecule has 3 aromatic rings. The highest BCUT2D eigenvalue weighted by Gasteiger charge is 2.37. The van der Waals surface area contributed by atoms with Gasteiger partial charge in [0, 0.05) is 11.3 Å². The molecular weight excluding hydrogens is 299 g/mol. The van der Waals surface area contributed by atoms with Crippen molar-refractivity contribution in [3.63, 3.8) is 0 Å². The summed E-state index contributed by atoms with van der Waals surface area (Å²) in [6.45, 7) is 2.00. The van der Waals surface area contributed by atoms with Crippen molar-refractivity contribution in [2.75, 3.05) is 6.61 Å². The van der Waals surface area contributed by atoms with E-state index in [9.17, 15) is 9.50 Å². The summed E-state index contributed by atoms with van der Waals surface area (Å²) in [6, 6.07) is 26.8. The van der Waals surface area contributed by atoms with Gasteiger partial charge in [0.2, 0.25) is 0 Å². The van der Waals surface area contributed by atoms with E-state index in [1.165, 1.54) is 12.1 Å². The number of rotatable bonds is 5. The second kappa shape index (κ2) is 6.98. The lowest BCUT2D eigenvalue weighted by atomic mass is 9.66. The normalized spacial score (nSPS) is 13.7. The van der Waals surface area contributed by atoms with Gasteiger partial charge in [-0.1, -0.05) is 79.7 Å². The fourth-order valence-electron chi connectivity index (χ4n) is 3.40. The van der Waals surface area contributed by atoms with Crippen LogP contribution >= 0.6 is 0 Å². The van der Waals surface area contributed by atoms with Gasteiger partial charge in [-0.15, -0.1) is 0 Å². The summed E-state index contributed by atoms with van der Waals surface area (Å²) in [5.74, 6) is -0.301. The van der Waals surface area contributed by atoms with E-state index in [1.807, 2.05) is 43.3 Å². The van der Waals surface area contributed by atoms with Crippen molar-refractivity contribution in [3.8, 4) is 0 Å². The Hall–Kier alpha value is -2.45. The summed E-state index contributed by atoms with van der Waals surface area (Å²) >= 11 is 0. The maximum atomic E-state index is 13.4. The van der Waals surface area contributed by atoms with Gasteiger partial charge < -0.3 is 5.11 Å². The van der Waals surface area contributed by atoms with Crippen molar-refractivity contribution in [1.29, 1.82) is 0 Å². The van der Waals surface area contributed by atoms with E-state index in [0.717, 1.165) is 16.7 Å². The van der Waals surface area contributed by atoms with Crippen LogP contribution in [0.1, 0.15) is 29.5 Å². The number of halogens is 1. The number of hydrogen-bond donors (Lipinski definition) is 1. The maximum absolute atomic E-state index is 13.4. The van der Waals surface area contributed by atoms with Gasteiger partial charge in [0.05, 0.1) is 6.61 Å². The van der Waals surface area contributed by atoms with Crippen LogP contribution in [0.5, 0.6) is 0 Å². The Morgan fingerprint density at radius 3 is 1.67 bits per heavy atom. The standard InChI is InChI=1S/C22H21FO/c1-22(16-24,19-12-14-20(23)15-13-19)21(17-8-4-2-5-9-17)18-10-6-3-7-11-18/h2-15,21,24H,16H2,1H3/t22-/m1/s1. The Labute approximate surface area is 142 Å². The zero-order valence-electron chi connectivity index (χ0n) is 13.7. The minimum absolute atomic E-state index is 0.0321. The third-order valence-corrected chi connectivity index (χ3v) is 4.74. The van der Waals surface area contributed by atoms with E-state index in [0.29, 0.717) is 0 Å². The Bertz CT molecular complexity index is 729. The largest absolute Gasteiger partial charge is 0.395 e. The van der Waals surface area contributed by atoms with Gasteiger partial charge in [-0.25, -0.2) is 4.39 Å². The highest BCUT2D eigenvalue weighted by Crippen LogP contribution is 2.43. The molecule has 1 nitrogen and oxygen atoms in total.